The molecule has 0 saturated heterocycles. The summed E-state index contributed by atoms with van der Waals surface area (Å²) in [5, 5.41) is 0. The number of hydrogen-bond acceptors (Lipinski definition) is 1. The fourth-order valence-electron chi connectivity index (χ4n) is 2.47. The van der Waals surface area contributed by atoms with Gasteiger partial charge < -0.3 is 0 Å². The maximum absolute atomic E-state index is 14.4. The standard InChI is InChI=1S/C19H12F5N/c1-2-10-3-6-16(25-9-10)13-5-4-12(17(22)18(13)23)11-7-14(20)19(24)15(21)8-11/h3-9H,2H2,1H3. The van der Waals surface area contributed by atoms with Crippen molar-refractivity contribution < 1.29 is 22.0 Å². The van der Waals surface area contributed by atoms with E-state index in [9.17, 15) is 22.0 Å². The predicted molar refractivity (Wildman–Crippen MR) is 84.3 cm³/mol. The topological polar surface area (TPSA) is 12.9 Å². The van der Waals surface area contributed by atoms with Crippen LogP contribution in [-0.2, 0) is 6.42 Å². The van der Waals surface area contributed by atoms with E-state index in [1.807, 2.05) is 6.92 Å². The van der Waals surface area contributed by atoms with Gasteiger partial charge in [0.05, 0.1) is 5.69 Å². The van der Waals surface area contributed by atoms with Crippen LogP contribution in [0.4, 0.5) is 22.0 Å². The third-order valence-electron chi connectivity index (χ3n) is 3.89. The largest absolute Gasteiger partial charge is 0.256 e. The third-order valence-corrected chi connectivity index (χ3v) is 3.89. The van der Waals surface area contributed by atoms with E-state index in [0.717, 1.165) is 12.0 Å². The molecular formula is C19H12F5N. The number of benzene rings is 2. The highest BCUT2D eigenvalue weighted by molar-refractivity contribution is 5.70. The molecule has 1 heterocycles. The minimum absolute atomic E-state index is 0.0769. The highest BCUT2D eigenvalue weighted by Gasteiger charge is 2.19. The summed E-state index contributed by atoms with van der Waals surface area (Å²) in [7, 11) is 0. The Labute approximate surface area is 140 Å². The summed E-state index contributed by atoms with van der Waals surface area (Å²) in [6, 6.07) is 6.98. The lowest BCUT2D eigenvalue weighted by molar-refractivity contribution is 0.447. The first kappa shape index (κ1) is 17.1. The van der Waals surface area contributed by atoms with E-state index >= 15 is 0 Å². The molecule has 0 amide bonds. The van der Waals surface area contributed by atoms with Gasteiger partial charge in [0.1, 0.15) is 0 Å². The zero-order valence-electron chi connectivity index (χ0n) is 13.1. The van der Waals surface area contributed by atoms with Gasteiger partial charge in [-0.25, -0.2) is 22.0 Å². The second-order valence-electron chi connectivity index (χ2n) is 5.45. The number of halogens is 5. The normalized spacial score (nSPS) is 11.0. The molecule has 6 heteroatoms. The van der Waals surface area contributed by atoms with Crippen molar-refractivity contribution in [2.45, 2.75) is 13.3 Å². The van der Waals surface area contributed by atoms with Gasteiger partial charge in [0.15, 0.2) is 29.1 Å². The summed E-state index contributed by atoms with van der Waals surface area (Å²) in [4.78, 5) is 4.09. The fourth-order valence-corrected chi connectivity index (χ4v) is 2.47. The van der Waals surface area contributed by atoms with Gasteiger partial charge in [-0.15, -0.1) is 0 Å². The molecule has 0 aliphatic heterocycles. The molecule has 0 saturated carbocycles. The Kier molecular flexibility index (Phi) is 4.53. The summed E-state index contributed by atoms with van der Waals surface area (Å²) < 4.78 is 68.5. The van der Waals surface area contributed by atoms with Crippen LogP contribution in [-0.4, -0.2) is 4.98 Å². The summed E-state index contributed by atoms with van der Waals surface area (Å²) in [5.74, 6) is -7.10. The summed E-state index contributed by atoms with van der Waals surface area (Å²) in [6.07, 6.45) is 2.32. The second-order valence-corrected chi connectivity index (χ2v) is 5.45. The highest BCUT2D eigenvalue weighted by atomic mass is 19.2. The van der Waals surface area contributed by atoms with Gasteiger partial charge >= 0.3 is 0 Å². The van der Waals surface area contributed by atoms with Gasteiger partial charge in [-0.05, 0) is 41.8 Å². The van der Waals surface area contributed by atoms with Gasteiger partial charge in [-0.2, -0.15) is 0 Å². The van der Waals surface area contributed by atoms with Crippen molar-refractivity contribution in [3.05, 3.63) is 77.2 Å². The lowest BCUT2D eigenvalue weighted by atomic mass is 10.0. The van der Waals surface area contributed by atoms with Crippen molar-refractivity contribution in [2.75, 3.05) is 0 Å². The first-order chi connectivity index (χ1) is 11.9. The molecule has 0 aliphatic rings. The van der Waals surface area contributed by atoms with Crippen LogP contribution in [0.5, 0.6) is 0 Å². The fraction of sp³-hybridized carbons (Fsp3) is 0.105. The van der Waals surface area contributed by atoms with E-state index < -0.39 is 29.1 Å². The van der Waals surface area contributed by atoms with E-state index in [-0.39, 0.29) is 22.4 Å². The number of hydrogen-bond donors (Lipinski definition) is 0. The molecule has 0 N–H and O–H groups in total. The summed E-state index contributed by atoms with van der Waals surface area (Å²) in [6.45, 7) is 1.94. The molecule has 3 rings (SSSR count). The molecule has 128 valence electrons. The van der Waals surface area contributed by atoms with Crippen LogP contribution in [0.2, 0.25) is 0 Å². The average Bonchev–Trinajstić information content (AvgIpc) is 2.61. The van der Waals surface area contributed by atoms with Crippen LogP contribution in [0.25, 0.3) is 22.4 Å². The molecule has 0 bridgehead atoms. The average molecular weight is 349 g/mol. The molecule has 1 nitrogen and oxygen atoms in total. The Morgan fingerprint density at radius 3 is 1.92 bits per heavy atom. The molecule has 0 radical (unpaired) electrons. The number of nitrogens with zero attached hydrogens (tertiary/aromatic N) is 1. The molecule has 0 atom stereocenters. The van der Waals surface area contributed by atoms with Crippen LogP contribution < -0.4 is 0 Å². The van der Waals surface area contributed by atoms with E-state index in [4.69, 9.17) is 0 Å². The van der Waals surface area contributed by atoms with Gasteiger partial charge in [0, 0.05) is 17.3 Å². The maximum Gasteiger partial charge on any atom is 0.194 e. The predicted octanol–water partition coefficient (Wildman–Crippen LogP) is 5.67. The summed E-state index contributed by atoms with van der Waals surface area (Å²) >= 11 is 0. The second kappa shape index (κ2) is 6.63. The van der Waals surface area contributed by atoms with E-state index in [2.05, 4.69) is 4.98 Å². The smallest absolute Gasteiger partial charge is 0.194 e. The Bertz CT molecular complexity index is 912. The Morgan fingerprint density at radius 1 is 0.760 bits per heavy atom. The monoisotopic (exact) mass is 349 g/mol. The van der Waals surface area contributed by atoms with Crippen LogP contribution in [0.3, 0.4) is 0 Å². The van der Waals surface area contributed by atoms with Crippen molar-refractivity contribution in [1.82, 2.24) is 4.98 Å². The first-order valence-corrected chi connectivity index (χ1v) is 7.50. The van der Waals surface area contributed by atoms with Gasteiger partial charge in [0.2, 0.25) is 0 Å². The third kappa shape index (κ3) is 3.12. The maximum atomic E-state index is 14.4. The van der Waals surface area contributed by atoms with Crippen LogP contribution in [0, 0.1) is 29.1 Å². The van der Waals surface area contributed by atoms with E-state index in [1.54, 1.807) is 18.3 Å². The number of rotatable bonds is 3. The van der Waals surface area contributed by atoms with Gasteiger partial charge in [-0.1, -0.05) is 19.1 Å². The molecule has 25 heavy (non-hydrogen) atoms. The zero-order valence-corrected chi connectivity index (χ0v) is 13.1. The molecule has 1 aromatic heterocycles. The lowest BCUT2D eigenvalue weighted by Crippen LogP contribution is -1.98. The van der Waals surface area contributed by atoms with Crippen LogP contribution in [0.15, 0.2) is 42.6 Å². The van der Waals surface area contributed by atoms with E-state index in [1.165, 1.54) is 12.1 Å². The Balaban J connectivity index is 2.09. The number of aryl methyl sites for hydroxylation is 1. The molecule has 0 fully saturated rings. The van der Waals surface area contributed by atoms with E-state index in [0.29, 0.717) is 12.1 Å². The SMILES string of the molecule is CCc1ccc(-c2ccc(-c3cc(F)c(F)c(F)c3)c(F)c2F)nc1. The zero-order chi connectivity index (χ0) is 18.1. The Hall–Kier alpha value is -2.76. The Morgan fingerprint density at radius 2 is 1.36 bits per heavy atom. The molecule has 3 aromatic rings. The van der Waals surface area contributed by atoms with Crippen molar-refractivity contribution in [3.63, 3.8) is 0 Å². The minimum Gasteiger partial charge on any atom is -0.256 e. The molecule has 0 unspecified atom stereocenters. The van der Waals surface area contributed by atoms with Crippen LogP contribution >= 0.6 is 0 Å². The molecule has 2 aromatic carbocycles. The lowest BCUT2D eigenvalue weighted by Gasteiger charge is -2.10. The molecular weight excluding hydrogens is 337 g/mol. The van der Waals surface area contributed by atoms with Gasteiger partial charge in [0.25, 0.3) is 0 Å². The quantitative estimate of drug-likeness (QED) is 0.438. The van der Waals surface area contributed by atoms with Crippen molar-refractivity contribution in [1.29, 1.82) is 0 Å². The first-order valence-electron chi connectivity index (χ1n) is 7.50. The summed E-state index contributed by atoms with van der Waals surface area (Å²) in [5.41, 5.74) is 0.431. The van der Waals surface area contributed by atoms with Crippen molar-refractivity contribution in [2.24, 2.45) is 0 Å². The minimum atomic E-state index is -1.67. The highest BCUT2D eigenvalue weighted by Crippen LogP contribution is 2.32. The number of pyridine rings is 1. The van der Waals surface area contributed by atoms with Crippen LogP contribution in [0.1, 0.15) is 12.5 Å². The van der Waals surface area contributed by atoms with Crippen molar-refractivity contribution in [3.8, 4) is 22.4 Å². The molecule has 0 aliphatic carbocycles. The van der Waals surface area contributed by atoms with Crippen molar-refractivity contribution >= 4 is 0 Å². The molecule has 0 spiro atoms. The van der Waals surface area contributed by atoms with Gasteiger partial charge in [-0.3, -0.25) is 4.98 Å². The number of aromatic nitrogens is 1.